The second-order valence-corrected chi connectivity index (χ2v) is 6.92. The van der Waals surface area contributed by atoms with Gasteiger partial charge in [-0.25, -0.2) is 0 Å². The van der Waals surface area contributed by atoms with Crippen molar-refractivity contribution in [3.05, 3.63) is 95.8 Å². The standard InChI is InChI=1S/C25H27NO4/c1-3-29-24(27)23(25(28)30-4-2)22(20-14-9-6-10-15-20)21-16-11-17-26(21)18-19-12-7-5-8-13-19/h5-17,22-23H,3-4,18H2,1-2H3. The maximum atomic E-state index is 12.9. The topological polar surface area (TPSA) is 57.5 Å². The normalized spacial score (nSPS) is 11.8. The lowest BCUT2D eigenvalue weighted by Crippen LogP contribution is -2.35. The molecular formula is C25H27NO4. The summed E-state index contributed by atoms with van der Waals surface area (Å²) in [5.41, 5.74) is 2.85. The summed E-state index contributed by atoms with van der Waals surface area (Å²) in [6.07, 6.45) is 1.96. The highest BCUT2D eigenvalue weighted by molar-refractivity contribution is 5.96. The number of rotatable bonds is 9. The van der Waals surface area contributed by atoms with Crippen LogP contribution < -0.4 is 0 Å². The van der Waals surface area contributed by atoms with Crippen molar-refractivity contribution in [1.29, 1.82) is 0 Å². The van der Waals surface area contributed by atoms with Gasteiger partial charge in [-0.3, -0.25) is 9.59 Å². The minimum Gasteiger partial charge on any atom is -0.465 e. The highest BCUT2D eigenvalue weighted by Gasteiger charge is 2.40. The van der Waals surface area contributed by atoms with E-state index in [0.29, 0.717) is 6.54 Å². The van der Waals surface area contributed by atoms with Gasteiger partial charge < -0.3 is 14.0 Å². The van der Waals surface area contributed by atoms with E-state index < -0.39 is 23.8 Å². The van der Waals surface area contributed by atoms with Crippen LogP contribution in [0.25, 0.3) is 0 Å². The van der Waals surface area contributed by atoms with Crippen LogP contribution in [0.1, 0.15) is 36.6 Å². The minimum atomic E-state index is -1.09. The molecule has 1 heterocycles. The van der Waals surface area contributed by atoms with Gasteiger partial charge >= 0.3 is 11.9 Å². The molecule has 0 fully saturated rings. The molecule has 2 aromatic carbocycles. The van der Waals surface area contributed by atoms with E-state index >= 15 is 0 Å². The summed E-state index contributed by atoms with van der Waals surface area (Å²) in [4.78, 5) is 25.8. The van der Waals surface area contributed by atoms with Gasteiger partial charge in [0.05, 0.1) is 13.2 Å². The smallest absolute Gasteiger partial charge is 0.321 e. The van der Waals surface area contributed by atoms with E-state index in [0.717, 1.165) is 16.8 Å². The molecule has 3 rings (SSSR count). The lowest BCUT2D eigenvalue weighted by molar-refractivity contribution is -0.162. The molecule has 0 saturated heterocycles. The highest BCUT2D eigenvalue weighted by atomic mass is 16.6. The predicted molar refractivity (Wildman–Crippen MR) is 115 cm³/mol. The summed E-state index contributed by atoms with van der Waals surface area (Å²) in [6, 6.07) is 23.5. The van der Waals surface area contributed by atoms with Crippen LogP contribution in [0.3, 0.4) is 0 Å². The van der Waals surface area contributed by atoms with Crippen molar-refractivity contribution in [3.63, 3.8) is 0 Å². The SMILES string of the molecule is CCOC(=O)C(C(=O)OCC)C(c1ccccc1)c1cccn1Cc1ccccc1. The van der Waals surface area contributed by atoms with Crippen molar-refractivity contribution in [2.75, 3.05) is 13.2 Å². The second kappa shape index (κ2) is 10.4. The van der Waals surface area contributed by atoms with Gasteiger partial charge in [-0.15, -0.1) is 0 Å². The molecule has 0 spiro atoms. The Hall–Kier alpha value is -3.34. The lowest BCUT2D eigenvalue weighted by Gasteiger charge is -2.26. The van der Waals surface area contributed by atoms with Gasteiger partial charge in [0.25, 0.3) is 0 Å². The Morgan fingerprint density at radius 1 is 0.800 bits per heavy atom. The summed E-state index contributed by atoms with van der Waals surface area (Å²) in [5, 5.41) is 0. The number of ether oxygens (including phenoxy) is 2. The molecule has 0 amide bonds. The zero-order chi connectivity index (χ0) is 21.3. The Labute approximate surface area is 177 Å². The van der Waals surface area contributed by atoms with E-state index in [1.807, 2.05) is 66.9 Å². The molecule has 0 radical (unpaired) electrons. The van der Waals surface area contributed by atoms with E-state index in [4.69, 9.17) is 9.47 Å². The summed E-state index contributed by atoms with van der Waals surface area (Å²) in [5.74, 6) is -2.76. The number of benzene rings is 2. The van der Waals surface area contributed by atoms with Crippen LogP contribution in [0.2, 0.25) is 0 Å². The maximum Gasteiger partial charge on any atom is 0.321 e. The van der Waals surface area contributed by atoms with Gasteiger partial charge in [0.1, 0.15) is 0 Å². The second-order valence-electron chi connectivity index (χ2n) is 6.92. The molecule has 156 valence electrons. The maximum absolute atomic E-state index is 12.9. The molecule has 0 N–H and O–H groups in total. The van der Waals surface area contributed by atoms with E-state index in [1.54, 1.807) is 13.8 Å². The van der Waals surface area contributed by atoms with Crippen LogP contribution in [0.15, 0.2) is 79.0 Å². The van der Waals surface area contributed by atoms with Gasteiger partial charge in [0.15, 0.2) is 5.92 Å². The van der Waals surface area contributed by atoms with Gasteiger partial charge in [0.2, 0.25) is 0 Å². The summed E-state index contributed by atoms with van der Waals surface area (Å²) in [6.45, 7) is 4.49. The summed E-state index contributed by atoms with van der Waals surface area (Å²) in [7, 11) is 0. The van der Waals surface area contributed by atoms with E-state index in [1.165, 1.54) is 0 Å². The molecule has 1 aromatic heterocycles. The molecule has 5 heteroatoms. The van der Waals surface area contributed by atoms with Crippen LogP contribution >= 0.6 is 0 Å². The van der Waals surface area contributed by atoms with Crippen LogP contribution in [-0.2, 0) is 25.6 Å². The average Bonchev–Trinajstić information content (AvgIpc) is 3.21. The van der Waals surface area contributed by atoms with E-state index in [2.05, 4.69) is 16.7 Å². The van der Waals surface area contributed by atoms with Crippen molar-refractivity contribution in [1.82, 2.24) is 4.57 Å². The summed E-state index contributed by atoms with van der Waals surface area (Å²) >= 11 is 0. The van der Waals surface area contributed by atoms with Gasteiger partial charge in [-0.2, -0.15) is 0 Å². The monoisotopic (exact) mass is 405 g/mol. The Kier molecular flexibility index (Phi) is 7.44. The molecule has 0 aliphatic heterocycles. The average molecular weight is 405 g/mol. The molecule has 0 aliphatic rings. The minimum absolute atomic E-state index is 0.196. The van der Waals surface area contributed by atoms with Gasteiger partial charge in [-0.05, 0) is 37.1 Å². The van der Waals surface area contributed by atoms with Crippen LogP contribution in [0, 0.1) is 5.92 Å². The van der Waals surface area contributed by atoms with E-state index in [9.17, 15) is 9.59 Å². The molecular weight excluding hydrogens is 378 g/mol. The first kappa shape index (κ1) is 21.4. The van der Waals surface area contributed by atoms with Crippen molar-refractivity contribution in [2.24, 2.45) is 5.92 Å². The van der Waals surface area contributed by atoms with Crippen molar-refractivity contribution >= 4 is 11.9 Å². The molecule has 30 heavy (non-hydrogen) atoms. The largest absolute Gasteiger partial charge is 0.465 e. The molecule has 5 nitrogen and oxygen atoms in total. The number of esters is 2. The molecule has 3 aromatic rings. The Morgan fingerprint density at radius 3 is 1.93 bits per heavy atom. The third-order valence-electron chi connectivity index (χ3n) is 4.95. The van der Waals surface area contributed by atoms with Crippen LogP contribution in [-0.4, -0.2) is 29.7 Å². The molecule has 0 aliphatic carbocycles. The third-order valence-corrected chi connectivity index (χ3v) is 4.95. The van der Waals surface area contributed by atoms with Crippen LogP contribution in [0.5, 0.6) is 0 Å². The zero-order valence-corrected chi connectivity index (χ0v) is 17.4. The first-order valence-corrected chi connectivity index (χ1v) is 10.2. The molecule has 0 bridgehead atoms. The first-order valence-electron chi connectivity index (χ1n) is 10.2. The van der Waals surface area contributed by atoms with Crippen LogP contribution in [0.4, 0.5) is 0 Å². The highest BCUT2D eigenvalue weighted by Crippen LogP contribution is 2.34. The summed E-state index contributed by atoms with van der Waals surface area (Å²) < 4.78 is 12.6. The zero-order valence-electron chi connectivity index (χ0n) is 17.4. The van der Waals surface area contributed by atoms with E-state index in [-0.39, 0.29) is 13.2 Å². The number of hydrogen-bond acceptors (Lipinski definition) is 4. The Balaban J connectivity index is 2.08. The van der Waals surface area contributed by atoms with Gasteiger partial charge in [0, 0.05) is 24.4 Å². The number of aromatic nitrogens is 1. The fourth-order valence-electron chi connectivity index (χ4n) is 3.66. The molecule has 1 unspecified atom stereocenters. The fraction of sp³-hybridized carbons (Fsp3) is 0.280. The van der Waals surface area contributed by atoms with Crippen molar-refractivity contribution in [2.45, 2.75) is 26.3 Å². The number of carbonyl (C=O) groups excluding carboxylic acids is 2. The molecule has 1 atom stereocenters. The Bertz CT molecular complexity index is 932. The van der Waals surface area contributed by atoms with Gasteiger partial charge in [-0.1, -0.05) is 60.7 Å². The van der Waals surface area contributed by atoms with Crippen molar-refractivity contribution < 1.29 is 19.1 Å². The van der Waals surface area contributed by atoms with Crippen molar-refractivity contribution in [3.8, 4) is 0 Å². The third kappa shape index (κ3) is 4.98. The molecule has 0 saturated carbocycles. The number of carbonyl (C=O) groups is 2. The quantitative estimate of drug-likeness (QED) is 0.391. The fourth-order valence-corrected chi connectivity index (χ4v) is 3.66. The predicted octanol–water partition coefficient (Wildman–Crippen LogP) is 4.41. The number of hydrogen-bond donors (Lipinski definition) is 0. The first-order chi connectivity index (χ1) is 14.7. The lowest BCUT2D eigenvalue weighted by atomic mass is 9.83. The number of nitrogens with zero attached hydrogens (tertiary/aromatic N) is 1. The Morgan fingerprint density at radius 2 is 1.37 bits per heavy atom.